The van der Waals surface area contributed by atoms with Crippen molar-refractivity contribution in [1.29, 1.82) is 0 Å². The number of nitrogens with zero attached hydrogens (tertiary/aromatic N) is 1. The number of alkyl halides is 2. The number of ether oxygens (including phenoxy) is 2. The van der Waals surface area contributed by atoms with Crippen molar-refractivity contribution in [1.82, 2.24) is 4.90 Å². The van der Waals surface area contributed by atoms with Crippen LogP contribution in [-0.4, -0.2) is 53.8 Å². The van der Waals surface area contributed by atoms with Crippen molar-refractivity contribution < 1.29 is 23.5 Å². The third-order valence-corrected chi connectivity index (χ3v) is 3.63. The molecule has 0 N–H and O–H groups in total. The molecule has 1 fully saturated rings. The van der Waals surface area contributed by atoms with Crippen LogP contribution in [0, 0.1) is 0 Å². The summed E-state index contributed by atoms with van der Waals surface area (Å²) in [4.78, 5) is 25.6. The first kappa shape index (κ1) is 18.0. The maximum absolute atomic E-state index is 13.9. The van der Waals surface area contributed by atoms with Gasteiger partial charge in [0.05, 0.1) is 13.7 Å². The Hall–Kier alpha value is -1.04. The first-order chi connectivity index (χ1) is 9.66. The van der Waals surface area contributed by atoms with E-state index < -0.39 is 29.4 Å². The molecule has 1 aliphatic heterocycles. The van der Waals surface area contributed by atoms with Crippen LogP contribution in [0.2, 0.25) is 0 Å². The molecule has 0 aromatic rings. The minimum atomic E-state index is -1.33. The predicted molar refractivity (Wildman–Crippen MR) is 77.2 cm³/mol. The van der Waals surface area contributed by atoms with Gasteiger partial charge >= 0.3 is 12.1 Å². The van der Waals surface area contributed by atoms with Gasteiger partial charge in [-0.25, -0.2) is 14.0 Å². The van der Waals surface area contributed by atoms with E-state index in [0.29, 0.717) is 12.3 Å². The fourth-order valence-electron chi connectivity index (χ4n) is 2.56. The van der Waals surface area contributed by atoms with E-state index in [4.69, 9.17) is 21.1 Å². The summed E-state index contributed by atoms with van der Waals surface area (Å²) in [6, 6.07) is 0. The van der Waals surface area contributed by atoms with Crippen molar-refractivity contribution in [2.24, 2.45) is 0 Å². The largest absolute Gasteiger partial charge is 0.467 e. The van der Waals surface area contributed by atoms with Crippen molar-refractivity contribution in [2.45, 2.75) is 57.3 Å². The van der Waals surface area contributed by atoms with Gasteiger partial charge in [0, 0.05) is 12.3 Å². The number of halogens is 2. The fraction of sp³-hybridized carbons (Fsp3) is 0.857. The van der Waals surface area contributed by atoms with Crippen molar-refractivity contribution in [3.63, 3.8) is 0 Å². The molecule has 0 bridgehead atoms. The zero-order chi connectivity index (χ0) is 16.3. The summed E-state index contributed by atoms with van der Waals surface area (Å²) >= 11 is 5.68. The molecule has 1 rings (SSSR count). The van der Waals surface area contributed by atoms with Gasteiger partial charge in [-0.05, 0) is 33.6 Å². The second-order valence-electron chi connectivity index (χ2n) is 6.21. The van der Waals surface area contributed by atoms with Crippen LogP contribution in [0.3, 0.4) is 0 Å². The number of carbonyl (C=O) groups excluding carboxylic acids is 2. The Morgan fingerprint density at radius 1 is 1.43 bits per heavy atom. The van der Waals surface area contributed by atoms with Crippen molar-refractivity contribution in [3.8, 4) is 0 Å². The Bertz CT molecular complexity index is 399. The number of esters is 1. The van der Waals surface area contributed by atoms with Crippen LogP contribution in [0.1, 0.15) is 40.0 Å². The Balaban J connectivity index is 3.06. The summed E-state index contributed by atoms with van der Waals surface area (Å²) in [5.74, 6) is -0.309. The summed E-state index contributed by atoms with van der Waals surface area (Å²) in [5.41, 5.74) is -2.05. The van der Waals surface area contributed by atoms with Crippen LogP contribution >= 0.6 is 11.6 Å². The molecular formula is C14H23ClFNO4. The number of methoxy groups -OCH3 is 1. The van der Waals surface area contributed by atoms with E-state index in [0.717, 1.165) is 4.90 Å². The van der Waals surface area contributed by atoms with Crippen LogP contribution in [0.15, 0.2) is 0 Å². The first-order valence-corrected chi connectivity index (χ1v) is 7.49. The molecule has 0 saturated carbocycles. The highest BCUT2D eigenvalue weighted by Crippen LogP contribution is 2.37. The minimum absolute atomic E-state index is 0.0875. The maximum Gasteiger partial charge on any atom is 0.411 e. The highest BCUT2D eigenvalue weighted by atomic mass is 35.5. The van der Waals surface area contributed by atoms with Gasteiger partial charge in [0.1, 0.15) is 17.3 Å². The summed E-state index contributed by atoms with van der Waals surface area (Å²) in [6.07, 6.45) is -1.35. The SMILES string of the molecule is COC(=O)C1(CCCCl)C[C@@H](F)CN1C(=O)OC(C)(C)C. The van der Waals surface area contributed by atoms with Gasteiger partial charge in [0.2, 0.25) is 0 Å². The molecule has 5 nitrogen and oxygen atoms in total. The topological polar surface area (TPSA) is 55.8 Å². The highest BCUT2D eigenvalue weighted by Gasteiger charge is 2.55. The standard InChI is InChI=1S/C14H23ClFNO4/c1-13(2,3)21-12(19)17-9-10(16)8-14(17,6-5-7-15)11(18)20-4/h10H,5-9H2,1-4H3/t10-,14?/m1/s1. The van der Waals surface area contributed by atoms with E-state index in [1.807, 2.05) is 0 Å². The molecule has 0 radical (unpaired) electrons. The van der Waals surface area contributed by atoms with Gasteiger partial charge < -0.3 is 9.47 Å². The number of likely N-dealkylation sites (tertiary alicyclic amines) is 1. The molecule has 1 heterocycles. The molecule has 21 heavy (non-hydrogen) atoms. The molecule has 0 aromatic carbocycles. The Morgan fingerprint density at radius 2 is 2.05 bits per heavy atom. The lowest BCUT2D eigenvalue weighted by Gasteiger charge is -2.36. The smallest absolute Gasteiger partial charge is 0.411 e. The van der Waals surface area contributed by atoms with E-state index in [1.54, 1.807) is 20.8 Å². The summed E-state index contributed by atoms with van der Waals surface area (Å²) in [7, 11) is 1.23. The lowest BCUT2D eigenvalue weighted by atomic mass is 9.90. The number of rotatable bonds is 4. The second kappa shape index (κ2) is 6.81. The molecule has 2 atom stereocenters. The van der Waals surface area contributed by atoms with Gasteiger partial charge in [-0.2, -0.15) is 0 Å². The molecule has 122 valence electrons. The molecule has 0 aromatic heterocycles. The van der Waals surface area contributed by atoms with E-state index >= 15 is 0 Å². The lowest BCUT2D eigenvalue weighted by Crippen LogP contribution is -2.54. The maximum atomic E-state index is 13.9. The highest BCUT2D eigenvalue weighted by molar-refractivity contribution is 6.17. The van der Waals surface area contributed by atoms with E-state index in [-0.39, 0.29) is 19.4 Å². The minimum Gasteiger partial charge on any atom is -0.467 e. The summed E-state index contributed by atoms with van der Waals surface area (Å²) < 4.78 is 24.0. The van der Waals surface area contributed by atoms with E-state index in [1.165, 1.54) is 7.11 Å². The van der Waals surface area contributed by atoms with Crippen molar-refractivity contribution >= 4 is 23.7 Å². The monoisotopic (exact) mass is 323 g/mol. The Kier molecular flexibility index (Phi) is 5.84. The molecule has 7 heteroatoms. The van der Waals surface area contributed by atoms with Crippen LogP contribution in [-0.2, 0) is 14.3 Å². The third-order valence-electron chi connectivity index (χ3n) is 3.36. The van der Waals surface area contributed by atoms with Gasteiger partial charge in [0.25, 0.3) is 0 Å². The summed E-state index contributed by atoms with van der Waals surface area (Å²) in [6.45, 7) is 4.97. The quantitative estimate of drug-likeness (QED) is 0.589. The molecule has 0 spiro atoms. The van der Waals surface area contributed by atoms with Gasteiger partial charge in [0.15, 0.2) is 0 Å². The molecule has 1 saturated heterocycles. The Morgan fingerprint density at radius 3 is 2.52 bits per heavy atom. The van der Waals surface area contributed by atoms with E-state index in [2.05, 4.69) is 0 Å². The average Bonchev–Trinajstić information content (AvgIpc) is 2.71. The van der Waals surface area contributed by atoms with Crippen molar-refractivity contribution in [2.75, 3.05) is 19.5 Å². The molecule has 1 aliphatic rings. The van der Waals surface area contributed by atoms with Crippen molar-refractivity contribution in [3.05, 3.63) is 0 Å². The number of amides is 1. The fourth-order valence-corrected chi connectivity index (χ4v) is 2.70. The number of hydrogen-bond acceptors (Lipinski definition) is 4. The number of carbonyl (C=O) groups is 2. The Labute approximate surface area is 129 Å². The van der Waals surface area contributed by atoms with E-state index in [9.17, 15) is 14.0 Å². The molecule has 1 unspecified atom stereocenters. The van der Waals surface area contributed by atoms with Crippen LogP contribution in [0.4, 0.5) is 9.18 Å². The second-order valence-corrected chi connectivity index (χ2v) is 6.59. The van der Waals surface area contributed by atoms with Gasteiger partial charge in [-0.15, -0.1) is 11.6 Å². The molecule has 1 amide bonds. The average molecular weight is 324 g/mol. The van der Waals surface area contributed by atoms with Crippen LogP contribution in [0.25, 0.3) is 0 Å². The number of hydrogen-bond donors (Lipinski definition) is 0. The predicted octanol–water partition coefficient (Wildman–Crippen LogP) is 2.90. The van der Waals surface area contributed by atoms with Crippen LogP contribution < -0.4 is 0 Å². The zero-order valence-electron chi connectivity index (χ0n) is 12.9. The van der Waals surface area contributed by atoms with Gasteiger partial charge in [-0.3, -0.25) is 4.90 Å². The normalized spacial score (nSPS) is 25.8. The lowest BCUT2D eigenvalue weighted by molar-refractivity contribution is -0.153. The summed E-state index contributed by atoms with van der Waals surface area (Å²) in [5, 5.41) is 0. The van der Waals surface area contributed by atoms with Gasteiger partial charge in [-0.1, -0.05) is 0 Å². The molecule has 0 aliphatic carbocycles. The first-order valence-electron chi connectivity index (χ1n) is 6.95. The molecular weight excluding hydrogens is 301 g/mol. The third kappa shape index (κ3) is 4.22. The zero-order valence-corrected chi connectivity index (χ0v) is 13.7. The van der Waals surface area contributed by atoms with Crippen LogP contribution in [0.5, 0.6) is 0 Å².